The number of nitrogens with zero attached hydrogens (tertiary/aromatic N) is 2. The monoisotopic (exact) mass is 315 g/mol. The number of carbonyl (C=O) groups excluding carboxylic acids is 1. The first-order valence-corrected chi connectivity index (χ1v) is 7.98. The highest BCUT2D eigenvalue weighted by Gasteiger charge is 2.20. The number of nitrogens with one attached hydrogen (secondary N) is 1. The van der Waals surface area contributed by atoms with E-state index in [1.54, 1.807) is 31.2 Å². The number of rotatable bonds is 4. The predicted octanol–water partition coefficient (Wildman–Crippen LogP) is 2.33. The molecule has 3 rings (SSSR count). The van der Waals surface area contributed by atoms with Gasteiger partial charge in [0.2, 0.25) is 11.8 Å². The van der Waals surface area contributed by atoms with E-state index in [2.05, 4.69) is 15.5 Å². The number of hydrogen-bond donors (Lipinski definition) is 2. The van der Waals surface area contributed by atoms with Gasteiger partial charge in [0.25, 0.3) is 5.91 Å². The molecule has 23 heavy (non-hydrogen) atoms. The van der Waals surface area contributed by atoms with Crippen LogP contribution in [0.1, 0.15) is 41.9 Å². The second kappa shape index (κ2) is 6.91. The van der Waals surface area contributed by atoms with Gasteiger partial charge in [-0.15, -0.1) is 10.2 Å². The first-order valence-electron chi connectivity index (χ1n) is 7.98. The van der Waals surface area contributed by atoms with Gasteiger partial charge in [0.1, 0.15) is 0 Å². The van der Waals surface area contributed by atoms with Crippen molar-refractivity contribution in [1.29, 1.82) is 0 Å². The predicted molar refractivity (Wildman–Crippen MR) is 84.8 cm³/mol. The van der Waals surface area contributed by atoms with E-state index in [1.165, 1.54) is 0 Å². The van der Waals surface area contributed by atoms with Crippen molar-refractivity contribution in [1.82, 2.24) is 15.5 Å². The summed E-state index contributed by atoms with van der Waals surface area (Å²) in [4.78, 5) is 12.2. The number of carbonyl (C=O) groups is 1. The number of hydrogen-bond acceptors (Lipinski definition) is 5. The summed E-state index contributed by atoms with van der Waals surface area (Å²) in [5.74, 6) is 1.23. The molecule has 6 nitrogen and oxygen atoms in total. The fourth-order valence-electron chi connectivity index (χ4n) is 2.96. The van der Waals surface area contributed by atoms with E-state index >= 15 is 0 Å². The largest absolute Gasteiger partial charge is 0.421 e. The lowest BCUT2D eigenvalue weighted by atomic mass is 9.87. The molecule has 0 aliphatic heterocycles. The SMILES string of the molecule is Cc1nnc(-c2ccc(C(=O)NCC3CCCC(O)C3)cc2)o1. The van der Waals surface area contributed by atoms with Crippen LogP contribution in [0.5, 0.6) is 0 Å². The van der Waals surface area contributed by atoms with Crippen molar-refractivity contribution in [3.05, 3.63) is 35.7 Å². The maximum absolute atomic E-state index is 12.2. The molecule has 122 valence electrons. The number of aromatic nitrogens is 2. The molecule has 1 aromatic heterocycles. The van der Waals surface area contributed by atoms with Crippen LogP contribution >= 0.6 is 0 Å². The lowest BCUT2D eigenvalue weighted by Crippen LogP contribution is -2.32. The fourth-order valence-corrected chi connectivity index (χ4v) is 2.96. The van der Waals surface area contributed by atoms with E-state index in [-0.39, 0.29) is 12.0 Å². The average molecular weight is 315 g/mol. The highest BCUT2D eigenvalue weighted by Crippen LogP contribution is 2.23. The van der Waals surface area contributed by atoms with Gasteiger partial charge in [-0.05, 0) is 49.4 Å². The van der Waals surface area contributed by atoms with Crippen LogP contribution < -0.4 is 5.32 Å². The standard InChI is InChI=1S/C17H21N3O3/c1-11-19-20-17(23-11)14-7-5-13(6-8-14)16(22)18-10-12-3-2-4-15(21)9-12/h5-8,12,15,21H,2-4,9-10H2,1H3,(H,18,22). The van der Waals surface area contributed by atoms with Crippen molar-refractivity contribution in [2.45, 2.75) is 38.7 Å². The first kappa shape index (κ1) is 15.7. The summed E-state index contributed by atoms with van der Waals surface area (Å²) in [7, 11) is 0. The Bertz CT molecular complexity index is 666. The van der Waals surface area contributed by atoms with Crippen LogP contribution in [0.25, 0.3) is 11.5 Å². The summed E-state index contributed by atoms with van der Waals surface area (Å²) in [6.45, 7) is 2.35. The Morgan fingerprint density at radius 2 is 2.09 bits per heavy atom. The van der Waals surface area contributed by atoms with E-state index in [0.29, 0.717) is 29.8 Å². The van der Waals surface area contributed by atoms with Gasteiger partial charge < -0.3 is 14.8 Å². The van der Waals surface area contributed by atoms with E-state index in [4.69, 9.17) is 4.42 Å². The minimum Gasteiger partial charge on any atom is -0.421 e. The van der Waals surface area contributed by atoms with Crippen molar-refractivity contribution in [2.24, 2.45) is 5.92 Å². The van der Waals surface area contributed by atoms with Crippen molar-refractivity contribution in [2.75, 3.05) is 6.54 Å². The van der Waals surface area contributed by atoms with Gasteiger partial charge in [-0.2, -0.15) is 0 Å². The minimum atomic E-state index is -0.220. The lowest BCUT2D eigenvalue weighted by Gasteiger charge is -2.25. The Morgan fingerprint density at radius 3 is 2.74 bits per heavy atom. The maximum Gasteiger partial charge on any atom is 0.251 e. The number of amides is 1. The molecule has 1 aromatic carbocycles. The van der Waals surface area contributed by atoms with Gasteiger partial charge in [0.15, 0.2) is 0 Å². The van der Waals surface area contributed by atoms with Gasteiger partial charge in [0, 0.05) is 24.6 Å². The van der Waals surface area contributed by atoms with Crippen molar-refractivity contribution < 1.29 is 14.3 Å². The molecule has 2 atom stereocenters. The number of aliphatic hydroxyl groups is 1. The van der Waals surface area contributed by atoms with Crippen LogP contribution in [0.4, 0.5) is 0 Å². The summed E-state index contributed by atoms with van der Waals surface area (Å²) < 4.78 is 5.36. The minimum absolute atomic E-state index is 0.0988. The van der Waals surface area contributed by atoms with Crippen LogP contribution in [0.2, 0.25) is 0 Å². The molecule has 2 N–H and O–H groups in total. The Hall–Kier alpha value is -2.21. The van der Waals surface area contributed by atoms with E-state index in [0.717, 1.165) is 31.2 Å². The highest BCUT2D eigenvalue weighted by molar-refractivity contribution is 5.94. The molecule has 0 bridgehead atoms. The molecule has 1 saturated carbocycles. The molecule has 0 saturated heterocycles. The van der Waals surface area contributed by atoms with Crippen molar-refractivity contribution in [3.63, 3.8) is 0 Å². The zero-order chi connectivity index (χ0) is 16.2. The Morgan fingerprint density at radius 1 is 1.30 bits per heavy atom. The molecule has 1 heterocycles. The molecule has 0 spiro atoms. The molecule has 1 amide bonds. The third-order valence-corrected chi connectivity index (χ3v) is 4.23. The second-order valence-electron chi connectivity index (χ2n) is 6.10. The first-order chi connectivity index (χ1) is 11.1. The zero-order valence-electron chi connectivity index (χ0n) is 13.2. The average Bonchev–Trinajstić information content (AvgIpc) is 2.99. The van der Waals surface area contributed by atoms with E-state index in [1.807, 2.05) is 0 Å². The molecule has 2 unspecified atom stereocenters. The van der Waals surface area contributed by atoms with Crippen molar-refractivity contribution >= 4 is 5.91 Å². The van der Waals surface area contributed by atoms with Gasteiger partial charge in [-0.3, -0.25) is 4.79 Å². The van der Waals surface area contributed by atoms with Crippen molar-refractivity contribution in [3.8, 4) is 11.5 Å². The van der Waals surface area contributed by atoms with Gasteiger partial charge in [-0.25, -0.2) is 0 Å². The second-order valence-corrected chi connectivity index (χ2v) is 6.10. The van der Waals surface area contributed by atoms with E-state index < -0.39 is 0 Å². The summed E-state index contributed by atoms with van der Waals surface area (Å²) >= 11 is 0. The fraction of sp³-hybridized carbons (Fsp3) is 0.471. The van der Waals surface area contributed by atoms with Gasteiger partial charge >= 0.3 is 0 Å². The Labute approximate surface area is 134 Å². The molecule has 0 radical (unpaired) electrons. The molecule has 1 fully saturated rings. The van der Waals surface area contributed by atoms with Gasteiger partial charge in [-0.1, -0.05) is 6.42 Å². The topological polar surface area (TPSA) is 88.2 Å². The molecule has 2 aromatic rings. The smallest absolute Gasteiger partial charge is 0.251 e. The number of aliphatic hydroxyl groups excluding tert-OH is 1. The lowest BCUT2D eigenvalue weighted by molar-refractivity contribution is 0.0874. The van der Waals surface area contributed by atoms with Gasteiger partial charge in [0.05, 0.1) is 6.10 Å². The summed E-state index contributed by atoms with van der Waals surface area (Å²) in [5, 5.41) is 20.4. The number of aryl methyl sites for hydroxylation is 1. The normalized spacial score (nSPS) is 21.1. The Balaban J connectivity index is 1.57. The summed E-state index contributed by atoms with van der Waals surface area (Å²) in [5.41, 5.74) is 1.39. The Kier molecular flexibility index (Phi) is 4.71. The molecular weight excluding hydrogens is 294 g/mol. The highest BCUT2D eigenvalue weighted by atomic mass is 16.4. The van der Waals surface area contributed by atoms with Crippen LogP contribution in [0, 0.1) is 12.8 Å². The van der Waals surface area contributed by atoms with Crippen LogP contribution in [-0.4, -0.2) is 33.9 Å². The summed E-state index contributed by atoms with van der Waals surface area (Å²) in [6, 6.07) is 7.10. The van der Waals surface area contributed by atoms with Crippen LogP contribution in [-0.2, 0) is 0 Å². The zero-order valence-corrected chi connectivity index (χ0v) is 13.2. The third-order valence-electron chi connectivity index (χ3n) is 4.23. The van der Waals surface area contributed by atoms with E-state index in [9.17, 15) is 9.90 Å². The molecule has 1 aliphatic rings. The molecule has 1 aliphatic carbocycles. The molecular formula is C17H21N3O3. The van der Waals surface area contributed by atoms with Crippen LogP contribution in [0.3, 0.4) is 0 Å². The molecule has 6 heteroatoms. The van der Waals surface area contributed by atoms with Crippen LogP contribution in [0.15, 0.2) is 28.7 Å². The summed E-state index contributed by atoms with van der Waals surface area (Å²) in [6.07, 6.45) is 3.52. The third kappa shape index (κ3) is 3.96. The maximum atomic E-state index is 12.2. The quantitative estimate of drug-likeness (QED) is 0.904. The number of benzene rings is 1.